The summed E-state index contributed by atoms with van der Waals surface area (Å²) < 4.78 is 0. The van der Waals surface area contributed by atoms with Gasteiger partial charge in [-0.05, 0) is 31.3 Å². The lowest BCUT2D eigenvalue weighted by atomic mass is 9.81. The van der Waals surface area contributed by atoms with E-state index in [1.807, 2.05) is 6.92 Å². The van der Waals surface area contributed by atoms with E-state index in [-0.39, 0.29) is 18.6 Å². The van der Waals surface area contributed by atoms with Crippen LogP contribution in [0.1, 0.15) is 33.6 Å². The molecule has 3 heteroatoms. The van der Waals surface area contributed by atoms with Crippen molar-refractivity contribution in [3.63, 3.8) is 0 Å². The number of likely N-dealkylation sites (tertiary alicyclic amines) is 1. The molecular formula is C12H25NO2. The molecule has 0 aromatic carbocycles. The van der Waals surface area contributed by atoms with Gasteiger partial charge in [-0.15, -0.1) is 0 Å². The predicted molar refractivity (Wildman–Crippen MR) is 61.7 cm³/mol. The third-order valence-electron chi connectivity index (χ3n) is 3.58. The first-order valence-electron chi connectivity index (χ1n) is 5.85. The van der Waals surface area contributed by atoms with Gasteiger partial charge in [-0.3, -0.25) is 0 Å². The number of aliphatic hydroxyl groups excluding tert-OH is 2. The van der Waals surface area contributed by atoms with Crippen LogP contribution in [0, 0.1) is 10.8 Å². The van der Waals surface area contributed by atoms with Crippen LogP contribution in [-0.4, -0.2) is 48.0 Å². The number of hydrogen-bond donors (Lipinski definition) is 2. The normalized spacial score (nSPS) is 23.0. The van der Waals surface area contributed by atoms with Crippen LogP contribution in [-0.2, 0) is 0 Å². The highest BCUT2D eigenvalue weighted by Gasteiger charge is 2.30. The average Bonchev–Trinajstić information content (AvgIpc) is 2.21. The molecule has 0 amide bonds. The zero-order valence-electron chi connectivity index (χ0n) is 10.3. The van der Waals surface area contributed by atoms with Gasteiger partial charge in [0.1, 0.15) is 0 Å². The van der Waals surface area contributed by atoms with Gasteiger partial charge >= 0.3 is 0 Å². The molecule has 0 spiro atoms. The standard InChI is InChI=1S/C12H25NO2/c1-11(2)4-6-13(7-5-11)8-12(3,9-14)10-15/h14-15H,4-10H2,1-3H3. The summed E-state index contributed by atoms with van der Waals surface area (Å²) in [7, 11) is 0. The lowest BCUT2D eigenvalue weighted by molar-refractivity contribution is 0.0173. The van der Waals surface area contributed by atoms with Gasteiger partial charge in [0.2, 0.25) is 0 Å². The van der Waals surface area contributed by atoms with Crippen LogP contribution >= 0.6 is 0 Å². The van der Waals surface area contributed by atoms with Gasteiger partial charge in [-0.1, -0.05) is 20.8 Å². The molecule has 1 rings (SSSR count). The van der Waals surface area contributed by atoms with Crippen LogP contribution in [0.15, 0.2) is 0 Å². The van der Waals surface area contributed by atoms with Gasteiger partial charge in [0.25, 0.3) is 0 Å². The molecule has 2 N–H and O–H groups in total. The van der Waals surface area contributed by atoms with Crippen molar-refractivity contribution in [3.8, 4) is 0 Å². The third kappa shape index (κ3) is 3.74. The molecule has 3 nitrogen and oxygen atoms in total. The molecule has 0 aliphatic carbocycles. The number of aliphatic hydroxyl groups is 2. The Kier molecular flexibility index (Phi) is 4.15. The van der Waals surface area contributed by atoms with Crippen molar-refractivity contribution in [2.24, 2.45) is 10.8 Å². The summed E-state index contributed by atoms with van der Waals surface area (Å²) >= 11 is 0. The van der Waals surface area contributed by atoms with Crippen molar-refractivity contribution in [1.29, 1.82) is 0 Å². The second-order valence-electron chi connectivity index (χ2n) is 6.07. The van der Waals surface area contributed by atoms with E-state index in [4.69, 9.17) is 0 Å². The molecule has 90 valence electrons. The van der Waals surface area contributed by atoms with Crippen LogP contribution in [0.2, 0.25) is 0 Å². The minimum absolute atomic E-state index is 0.0589. The number of hydrogen-bond acceptors (Lipinski definition) is 3. The molecule has 0 unspecified atom stereocenters. The maximum absolute atomic E-state index is 9.23. The molecule has 0 aromatic heterocycles. The molecule has 1 saturated heterocycles. The molecule has 0 aromatic rings. The van der Waals surface area contributed by atoms with E-state index in [0.717, 1.165) is 19.6 Å². The Bertz CT molecular complexity index is 190. The van der Waals surface area contributed by atoms with Crippen LogP contribution < -0.4 is 0 Å². The fraction of sp³-hybridized carbons (Fsp3) is 1.00. The van der Waals surface area contributed by atoms with Crippen LogP contribution in [0.5, 0.6) is 0 Å². The number of piperidine rings is 1. The fourth-order valence-corrected chi connectivity index (χ4v) is 2.01. The van der Waals surface area contributed by atoms with Gasteiger partial charge in [0.05, 0.1) is 13.2 Å². The highest BCUT2D eigenvalue weighted by atomic mass is 16.3. The van der Waals surface area contributed by atoms with E-state index < -0.39 is 0 Å². The lowest BCUT2D eigenvalue weighted by Gasteiger charge is -2.40. The van der Waals surface area contributed by atoms with E-state index in [0.29, 0.717) is 5.41 Å². The first kappa shape index (κ1) is 12.9. The number of rotatable bonds is 4. The van der Waals surface area contributed by atoms with Crippen LogP contribution in [0.25, 0.3) is 0 Å². The van der Waals surface area contributed by atoms with E-state index in [9.17, 15) is 10.2 Å². The first-order valence-corrected chi connectivity index (χ1v) is 5.85. The molecule has 15 heavy (non-hydrogen) atoms. The Labute approximate surface area is 93.1 Å². The quantitative estimate of drug-likeness (QED) is 0.738. The Balaban J connectivity index is 2.41. The Morgan fingerprint density at radius 1 is 1.13 bits per heavy atom. The molecule has 1 heterocycles. The SMILES string of the molecule is CC1(C)CCN(CC(C)(CO)CO)CC1. The monoisotopic (exact) mass is 215 g/mol. The Morgan fingerprint density at radius 3 is 2.00 bits per heavy atom. The molecule has 0 atom stereocenters. The second kappa shape index (κ2) is 4.81. The van der Waals surface area contributed by atoms with Crippen molar-refractivity contribution in [1.82, 2.24) is 4.90 Å². The minimum Gasteiger partial charge on any atom is -0.396 e. The molecule has 1 aliphatic heterocycles. The Morgan fingerprint density at radius 2 is 1.60 bits per heavy atom. The molecule has 0 saturated carbocycles. The molecular weight excluding hydrogens is 190 g/mol. The Hall–Kier alpha value is -0.120. The van der Waals surface area contributed by atoms with Crippen LogP contribution in [0.4, 0.5) is 0 Å². The van der Waals surface area contributed by atoms with Crippen molar-refractivity contribution < 1.29 is 10.2 Å². The van der Waals surface area contributed by atoms with E-state index in [1.165, 1.54) is 12.8 Å². The first-order chi connectivity index (χ1) is 6.91. The van der Waals surface area contributed by atoms with Crippen molar-refractivity contribution in [2.75, 3.05) is 32.8 Å². The van der Waals surface area contributed by atoms with Gasteiger partial charge in [0.15, 0.2) is 0 Å². The summed E-state index contributed by atoms with van der Waals surface area (Å²) in [5.74, 6) is 0. The zero-order valence-corrected chi connectivity index (χ0v) is 10.3. The fourth-order valence-electron chi connectivity index (χ4n) is 2.01. The van der Waals surface area contributed by atoms with Gasteiger partial charge < -0.3 is 15.1 Å². The molecule has 0 bridgehead atoms. The largest absolute Gasteiger partial charge is 0.396 e. The maximum atomic E-state index is 9.23. The lowest BCUT2D eigenvalue weighted by Crippen LogP contribution is -2.45. The smallest absolute Gasteiger partial charge is 0.0519 e. The summed E-state index contributed by atoms with van der Waals surface area (Å²) in [6.45, 7) is 9.64. The van der Waals surface area contributed by atoms with Crippen molar-refractivity contribution in [2.45, 2.75) is 33.6 Å². The summed E-state index contributed by atoms with van der Waals surface area (Å²) in [4.78, 5) is 2.36. The van der Waals surface area contributed by atoms with Gasteiger partial charge in [-0.2, -0.15) is 0 Å². The zero-order chi connectivity index (χ0) is 11.5. The summed E-state index contributed by atoms with van der Waals surface area (Å²) in [5.41, 5.74) is 0.118. The van der Waals surface area contributed by atoms with Crippen LogP contribution in [0.3, 0.4) is 0 Å². The van der Waals surface area contributed by atoms with Gasteiger partial charge in [-0.25, -0.2) is 0 Å². The van der Waals surface area contributed by atoms with Crippen molar-refractivity contribution in [3.05, 3.63) is 0 Å². The third-order valence-corrected chi connectivity index (χ3v) is 3.58. The predicted octanol–water partition coefficient (Wildman–Crippen LogP) is 1.10. The number of nitrogens with zero attached hydrogens (tertiary/aromatic N) is 1. The molecule has 1 fully saturated rings. The maximum Gasteiger partial charge on any atom is 0.0519 e. The molecule has 1 aliphatic rings. The average molecular weight is 215 g/mol. The highest BCUT2D eigenvalue weighted by Crippen LogP contribution is 2.31. The topological polar surface area (TPSA) is 43.7 Å². The van der Waals surface area contributed by atoms with E-state index in [2.05, 4.69) is 18.7 Å². The summed E-state index contributed by atoms with van der Waals surface area (Å²) in [6.07, 6.45) is 2.42. The van der Waals surface area contributed by atoms with Gasteiger partial charge in [0, 0.05) is 12.0 Å². The van der Waals surface area contributed by atoms with Crippen molar-refractivity contribution >= 4 is 0 Å². The van der Waals surface area contributed by atoms with E-state index in [1.54, 1.807) is 0 Å². The van der Waals surface area contributed by atoms with E-state index >= 15 is 0 Å². The molecule has 0 radical (unpaired) electrons. The summed E-state index contributed by atoms with van der Waals surface area (Å²) in [5, 5.41) is 18.5. The highest BCUT2D eigenvalue weighted by molar-refractivity contribution is 4.83. The summed E-state index contributed by atoms with van der Waals surface area (Å²) in [6, 6.07) is 0. The minimum atomic E-state index is -0.346. The second-order valence-corrected chi connectivity index (χ2v) is 6.07.